The summed E-state index contributed by atoms with van der Waals surface area (Å²) in [4.78, 5) is 3.92. The first-order valence-electron chi connectivity index (χ1n) is 3.32. The van der Waals surface area contributed by atoms with Crippen molar-refractivity contribution in [3.05, 3.63) is 37.1 Å². The molecule has 1 aromatic rings. The highest BCUT2D eigenvalue weighted by atomic mass is 14.8. The van der Waals surface area contributed by atoms with E-state index < -0.39 is 0 Å². The number of hydrogen-bond acceptors (Lipinski definition) is 2. The van der Waals surface area contributed by atoms with Crippen LogP contribution >= 0.6 is 0 Å². The summed E-state index contributed by atoms with van der Waals surface area (Å²) in [6, 6.07) is 4.02. The van der Waals surface area contributed by atoms with Crippen LogP contribution in [0.3, 0.4) is 0 Å². The van der Waals surface area contributed by atoms with Crippen molar-refractivity contribution in [1.29, 1.82) is 0 Å². The minimum atomic E-state index is 0.921. The molecule has 0 saturated heterocycles. The van der Waals surface area contributed by atoms with Crippen LogP contribution in [0.15, 0.2) is 24.5 Å². The van der Waals surface area contributed by atoms with Gasteiger partial charge in [-0.1, -0.05) is 0 Å². The largest absolute Gasteiger partial charge is 0.315 e. The van der Waals surface area contributed by atoms with Crippen LogP contribution in [0.25, 0.3) is 0 Å². The van der Waals surface area contributed by atoms with E-state index in [1.807, 2.05) is 12.1 Å². The van der Waals surface area contributed by atoms with Gasteiger partial charge in [-0.25, -0.2) is 0 Å². The van der Waals surface area contributed by atoms with Gasteiger partial charge in [-0.05, 0) is 30.7 Å². The Labute approximate surface area is 61.3 Å². The smallest absolute Gasteiger partial charge is 0.0270 e. The molecule has 2 heteroatoms. The molecule has 1 rings (SSSR count). The molecule has 1 aromatic heterocycles. The molecule has 0 atom stereocenters. The van der Waals surface area contributed by atoms with E-state index in [2.05, 4.69) is 17.3 Å². The van der Waals surface area contributed by atoms with Crippen molar-refractivity contribution in [3.8, 4) is 0 Å². The summed E-state index contributed by atoms with van der Waals surface area (Å²) < 4.78 is 0. The van der Waals surface area contributed by atoms with Gasteiger partial charge in [0.25, 0.3) is 0 Å². The van der Waals surface area contributed by atoms with Gasteiger partial charge in [0.05, 0.1) is 0 Å². The number of rotatable bonds is 3. The molecule has 0 aliphatic rings. The van der Waals surface area contributed by atoms with Gasteiger partial charge in [0.1, 0.15) is 0 Å². The summed E-state index contributed by atoms with van der Waals surface area (Å²) >= 11 is 0. The Hall–Kier alpha value is -0.890. The third kappa shape index (κ3) is 2.15. The summed E-state index contributed by atoms with van der Waals surface area (Å²) in [5.74, 6) is 0. The molecule has 0 unspecified atom stereocenters. The number of aromatic nitrogens is 1. The summed E-state index contributed by atoms with van der Waals surface area (Å²) in [7, 11) is 3.54. The number of pyridine rings is 1. The molecular formula is C8H11N2. The standard InChI is InChI=1S/C8H11N2/c1-9-5-2-8-3-6-10-7-4-8/h3-4,6-7,9H,1-2,5H2. The molecule has 1 N–H and O–H groups in total. The maximum atomic E-state index is 3.92. The first-order valence-corrected chi connectivity index (χ1v) is 3.32. The fourth-order valence-corrected chi connectivity index (χ4v) is 0.782. The van der Waals surface area contributed by atoms with Gasteiger partial charge in [-0.2, -0.15) is 0 Å². The maximum absolute atomic E-state index is 3.92. The molecule has 1 heterocycles. The lowest BCUT2D eigenvalue weighted by atomic mass is 10.2. The van der Waals surface area contributed by atoms with E-state index in [1.54, 1.807) is 12.4 Å². The monoisotopic (exact) mass is 135 g/mol. The second kappa shape index (κ2) is 4.01. The van der Waals surface area contributed by atoms with Gasteiger partial charge in [0.2, 0.25) is 0 Å². The van der Waals surface area contributed by atoms with E-state index in [1.165, 1.54) is 5.56 Å². The van der Waals surface area contributed by atoms with Crippen LogP contribution in [-0.2, 0) is 6.42 Å². The molecule has 0 aliphatic heterocycles. The van der Waals surface area contributed by atoms with Crippen molar-refractivity contribution in [2.45, 2.75) is 6.42 Å². The average Bonchev–Trinajstić information content (AvgIpc) is 2.03. The van der Waals surface area contributed by atoms with Gasteiger partial charge in [-0.15, -0.1) is 0 Å². The first kappa shape index (κ1) is 7.22. The van der Waals surface area contributed by atoms with Crippen LogP contribution in [0.2, 0.25) is 0 Å². The van der Waals surface area contributed by atoms with Crippen molar-refractivity contribution >= 4 is 0 Å². The summed E-state index contributed by atoms with van der Waals surface area (Å²) in [6.07, 6.45) is 4.63. The molecule has 0 amide bonds. The second-order valence-corrected chi connectivity index (χ2v) is 2.11. The normalized spacial score (nSPS) is 9.70. The zero-order valence-electron chi connectivity index (χ0n) is 5.88. The molecule has 53 valence electrons. The Morgan fingerprint density at radius 2 is 2.10 bits per heavy atom. The molecular weight excluding hydrogens is 124 g/mol. The average molecular weight is 135 g/mol. The molecule has 10 heavy (non-hydrogen) atoms. The molecule has 2 nitrogen and oxygen atoms in total. The van der Waals surface area contributed by atoms with Gasteiger partial charge in [0, 0.05) is 19.4 Å². The van der Waals surface area contributed by atoms with Crippen LogP contribution in [0.5, 0.6) is 0 Å². The Balaban J connectivity index is 2.43. The fourth-order valence-electron chi connectivity index (χ4n) is 0.782. The van der Waals surface area contributed by atoms with Crippen molar-refractivity contribution in [3.63, 3.8) is 0 Å². The van der Waals surface area contributed by atoms with Crippen LogP contribution in [0, 0.1) is 7.05 Å². The third-order valence-corrected chi connectivity index (χ3v) is 1.34. The molecule has 0 spiro atoms. The van der Waals surface area contributed by atoms with Crippen LogP contribution in [-0.4, -0.2) is 11.5 Å². The highest BCUT2D eigenvalue weighted by molar-refractivity contribution is 5.09. The van der Waals surface area contributed by atoms with E-state index in [4.69, 9.17) is 0 Å². The van der Waals surface area contributed by atoms with E-state index >= 15 is 0 Å². The van der Waals surface area contributed by atoms with Crippen LogP contribution in [0.1, 0.15) is 5.56 Å². The lowest BCUT2D eigenvalue weighted by Crippen LogP contribution is -2.07. The highest BCUT2D eigenvalue weighted by Gasteiger charge is 1.87. The summed E-state index contributed by atoms with van der Waals surface area (Å²) in [5, 5.41) is 2.85. The van der Waals surface area contributed by atoms with Gasteiger partial charge in [0.15, 0.2) is 0 Å². The highest BCUT2D eigenvalue weighted by Crippen LogP contribution is 1.95. The molecule has 0 fully saturated rings. The minimum absolute atomic E-state index is 0.921. The van der Waals surface area contributed by atoms with E-state index in [0.29, 0.717) is 0 Å². The van der Waals surface area contributed by atoms with Crippen LogP contribution < -0.4 is 5.32 Å². The summed E-state index contributed by atoms with van der Waals surface area (Å²) in [5.41, 5.74) is 1.30. The zero-order valence-corrected chi connectivity index (χ0v) is 5.88. The van der Waals surface area contributed by atoms with Crippen LogP contribution in [0.4, 0.5) is 0 Å². The summed E-state index contributed by atoms with van der Waals surface area (Å²) in [6.45, 7) is 0.921. The number of hydrogen-bond donors (Lipinski definition) is 1. The fraction of sp³-hybridized carbons (Fsp3) is 0.250. The SMILES string of the molecule is [CH2]NCCc1ccncc1. The van der Waals surface area contributed by atoms with Crippen molar-refractivity contribution in [2.75, 3.05) is 6.54 Å². The quantitative estimate of drug-likeness (QED) is 0.669. The number of nitrogens with zero attached hydrogens (tertiary/aromatic N) is 1. The Bertz CT molecular complexity index is 172. The number of nitrogens with one attached hydrogen (secondary N) is 1. The van der Waals surface area contributed by atoms with Gasteiger partial charge in [-0.3, -0.25) is 4.98 Å². The molecule has 0 bridgehead atoms. The third-order valence-electron chi connectivity index (χ3n) is 1.34. The lowest BCUT2D eigenvalue weighted by molar-refractivity contribution is 0.828. The van der Waals surface area contributed by atoms with E-state index in [9.17, 15) is 0 Å². The van der Waals surface area contributed by atoms with Crippen molar-refractivity contribution in [2.24, 2.45) is 0 Å². The van der Waals surface area contributed by atoms with Crippen molar-refractivity contribution in [1.82, 2.24) is 10.3 Å². The minimum Gasteiger partial charge on any atom is -0.315 e. The predicted octanol–water partition coefficient (Wildman–Crippen LogP) is 1.01. The molecule has 0 saturated carbocycles. The Kier molecular flexibility index (Phi) is 2.90. The maximum Gasteiger partial charge on any atom is 0.0270 e. The molecule has 1 radical (unpaired) electrons. The predicted molar refractivity (Wildman–Crippen MR) is 41.3 cm³/mol. The topological polar surface area (TPSA) is 24.9 Å². The second-order valence-electron chi connectivity index (χ2n) is 2.11. The van der Waals surface area contributed by atoms with Gasteiger partial charge >= 0.3 is 0 Å². The molecule has 0 aromatic carbocycles. The van der Waals surface area contributed by atoms with Crippen molar-refractivity contribution < 1.29 is 0 Å². The Morgan fingerprint density at radius 1 is 1.40 bits per heavy atom. The van der Waals surface area contributed by atoms with E-state index in [0.717, 1.165) is 13.0 Å². The Morgan fingerprint density at radius 3 is 2.70 bits per heavy atom. The zero-order chi connectivity index (χ0) is 7.23. The first-order chi connectivity index (χ1) is 4.93. The van der Waals surface area contributed by atoms with Gasteiger partial charge < -0.3 is 5.32 Å². The van der Waals surface area contributed by atoms with E-state index in [-0.39, 0.29) is 0 Å². The molecule has 0 aliphatic carbocycles. The lowest BCUT2D eigenvalue weighted by Gasteiger charge is -1.97.